The molecule has 1 aromatic heterocycles. The van der Waals surface area contributed by atoms with E-state index in [0.29, 0.717) is 11.1 Å². The molecule has 2 aliphatic carbocycles. The molecule has 4 aromatic rings. The zero-order chi connectivity index (χ0) is 64.6. The molecule has 0 bridgehead atoms. The summed E-state index contributed by atoms with van der Waals surface area (Å²) in [6.07, 6.45) is 10.1. The van der Waals surface area contributed by atoms with Crippen LogP contribution in [0.15, 0.2) is 102 Å². The first-order valence-corrected chi connectivity index (χ1v) is 30.5. The van der Waals surface area contributed by atoms with E-state index in [2.05, 4.69) is 83.5 Å². The van der Waals surface area contributed by atoms with E-state index in [1.165, 1.54) is 107 Å². The molecule has 2 unspecified atom stereocenters. The van der Waals surface area contributed by atoms with E-state index in [9.17, 15) is 53.9 Å². The zero-order valence-corrected chi connectivity index (χ0v) is 52.5. The van der Waals surface area contributed by atoms with Crippen LogP contribution in [0.2, 0.25) is 0 Å². The number of hydrogen-bond donors (Lipinski definition) is 3. The number of hydrogen-bond acceptors (Lipinski definition) is 12. The van der Waals surface area contributed by atoms with Gasteiger partial charge in [0.05, 0.1) is 38.2 Å². The second kappa shape index (κ2) is 38.6. The molecule has 3 aromatic carbocycles. The molecule has 0 saturated carbocycles. The minimum absolute atomic E-state index is 0.0246. The fourth-order valence-corrected chi connectivity index (χ4v) is 9.33. The SMILES string of the molecule is CC(CCO)C(=O)NCC(F)(F)F.CC(CCOS(C)(=O)=O)C(=O)NCC(F)(F)F.CN1C(=O)c2ccccc2C1=O.CN1CC=CCC1.CN=c1ccccn1C.COc1ccc2c(c1)CCC[C@@H](C)C2.COc1ccc2c(c1)CCC[C@H](C)C2. The Morgan fingerprint density at radius 3 is 1.53 bits per heavy atom. The first-order valence-electron chi connectivity index (χ1n) is 28.7. The van der Waals surface area contributed by atoms with Gasteiger partial charge >= 0.3 is 12.4 Å². The number of benzene rings is 3. The highest BCUT2D eigenvalue weighted by Crippen LogP contribution is 2.29. The molecule has 4 aliphatic rings. The average Bonchev–Trinajstić information content (AvgIpc) is 2.12. The summed E-state index contributed by atoms with van der Waals surface area (Å²) in [5, 5.41) is 11.8. The van der Waals surface area contributed by atoms with Crippen LogP contribution in [0.3, 0.4) is 0 Å². The number of alkyl halides is 6. The number of imide groups is 1. The second-order valence-corrected chi connectivity index (χ2v) is 23.2. The van der Waals surface area contributed by atoms with Gasteiger partial charge < -0.3 is 34.7 Å². The summed E-state index contributed by atoms with van der Waals surface area (Å²) >= 11 is 0. The molecular formula is C63H90F6N6O10S. The first kappa shape index (κ1) is 75.5. The molecule has 16 nitrogen and oxygen atoms in total. The lowest BCUT2D eigenvalue weighted by atomic mass is 9.98. The van der Waals surface area contributed by atoms with Crippen molar-refractivity contribution in [2.45, 2.75) is 111 Å². The van der Waals surface area contributed by atoms with Crippen LogP contribution in [0.5, 0.6) is 11.5 Å². The van der Waals surface area contributed by atoms with E-state index in [0.717, 1.165) is 46.5 Å². The van der Waals surface area contributed by atoms with Crippen LogP contribution in [0.4, 0.5) is 26.3 Å². The number of aliphatic hydroxyl groups excluding tert-OH is 1. The lowest BCUT2D eigenvalue weighted by Gasteiger charge is -2.15. The molecule has 8 rings (SSSR count). The molecular weight excluding hydrogens is 1150 g/mol. The number of carbonyl (C=O) groups excluding carboxylic acids is 4. The van der Waals surface area contributed by atoms with Gasteiger partial charge in [0, 0.05) is 58.9 Å². The van der Waals surface area contributed by atoms with Gasteiger partial charge in [-0.1, -0.05) is 83.0 Å². The summed E-state index contributed by atoms with van der Waals surface area (Å²) in [4.78, 5) is 52.1. The normalized spacial score (nSPS) is 17.1. The number of aryl methyl sites for hydroxylation is 3. The van der Waals surface area contributed by atoms with Crippen LogP contribution in [0.25, 0.3) is 0 Å². The van der Waals surface area contributed by atoms with Gasteiger partial charge in [-0.15, -0.1) is 0 Å². The van der Waals surface area contributed by atoms with Crippen molar-refractivity contribution in [1.29, 1.82) is 0 Å². The number of rotatable bonds is 12. The van der Waals surface area contributed by atoms with Crippen LogP contribution < -0.4 is 25.6 Å². The third-order valence-corrected chi connectivity index (χ3v) is 14.6. The molecule has 4 amide bonds. The van der Waals surface area contributed by atoms with Crippen molar-refractivity contribution in [3.63, 3.8) is 0 Å². The number of ether oxygens (including phenoxy) is 2. The minimum Gasteiger partial charge on any atom is -0.497 e. The Morgan fingerprint density at radius 1 is 0.709 bits per heavy atom. The number of nitrogens with one attached hydrogen (secondary N) is 2. The van der Waals surface area contributed by atoms with Gasteiger partial charge in [-0.25, -0.2) is 0 Å². The topological polar surface area (TPSA) is 198 Å². The van der Waals surface area contributed by atoms with Crippen molar-refractivity contribution < 1.29 is 72.7 Å². The number of likely N-dealkylation sites (N-methyl/N-ethyl adjacent to an activating group) is 1. The highest BCUT2D eigenvalue weighted by Gasteiger charge is 2.32. The predicted molar refractivity (Wildman–Crippen MR) is 322 cm³/mol. The summed E-state index contributed by atoms with van der Waals surface area (Å²) in [7, 11) is 7.28. The summed E-state index contributed by atoms with van der Waals surface area (Å²) in [6, 6.07) is 25.8. The number of nitrogens with zero attached hydrogens (tertiary/aromatic N) is 4. The Kier molecular flexibility index (Phi) is 33.9. The van der Waals surface area contributed by atoms with Gasteiger partial charge in [0.2, 0.25) is 11.8 Å². The predicted octanol–water partition coefficient (Wildman–Crippen LogP) is 10.1. The summed E-state index contributed by atoms with van der Waals surface area (Å²) in [5.74, 6) is 0.425. The first-order chi connectivity index (χ1) is 40.4. The minimum atomic E-state index is -4.46. The van der Waals surface area contributed by atoms with Crippen molar-refractivity contribution in [3.8, 4) is 11.5 Å². The van der Waals surface area contributed by atoms with Gasteiger partial charge in [0.15, 0.2) is 0 Å². The molecule has 23 heteroatoms. The van der Waals surface area contributed by atoms with E-state index in [1.807, 2.05) is 36.0 Å². The standard InChI is InChI=1S/2C13H18O.C9H7NO2.C8H14F3NO4S.C7H12F3NO2.C7H10N2.C6H11N/c2*1-10-4-3-5-11-9-13(14-2)7-6-12(11)8-10;1-10-8(11)6-4-2-3-5-7(6)9(10)12;1-6(3-4-16-17(2,14)15)7(13)12-5-8(9,10)11;1-5(2-3-12)6(13)11-4-7(8,9)10;1-8-7-5-3-4-6-9(7)2;1-7-5-3-2-4-6-7/h2*6-7,9-10H,3-5,8H2,1-2H3;2-5H,1H3;6H,3-5H2,1-2H3,(H,12,13);5,12H,2-4H2,1H3,(H,11,13);3-6H,1-2H3;2-3H,4-6H2,1H3/t2*10-;;;;;/m10...../s1. The maximum atomic E-state index is 11.8. The number of pyridine rings is 1. The maximum absolute atomic E-state index is 11.8. The molecule has 3 N–H and O–H groups in total. The lowest BCUT2D eigenvalue weighted by Crippen LogP contribution is -2.37. The van der Waals surface area contributed by atoms with Gasteiger partial charge in [0.1, 0.15) is 30.1 Å². The van der Waals surface area contributed by atoms with Crippen LogP contribution >= 0.6 is 0 Å². The van der Waals surface area contributed by atoms with Gasteiger partial charge in [-0.2, -0.15) is 34.8 Å². The lowest BCUT2D eigenvalue weighted by molar-refractivity contribution is -0.140. The number of aromatic nitrogens is 1. The molecule has 2 aliphatic heterocycles. The van der Waals surface area contributed by atoms with Crippen molar-refractivity contribution in [1.82, 2.24) is 25.0 Å². The third-order valence-electron chi connectivity index (χ3n) is 14.0. The Labute approximate surface area is 504 Å². The van der Waals surface area contributed by atoms with E-state index in [-0.39, 0.29) is 37.9 Å². The zero-order valence-electron chi connectivity index (χ0n) is 51.7. The number of amides is 4. The van der Waals surface area contributed by atoms with Gasteiger partial charge in [-0.3, -0.25) is 33.3 Å². The highest BCUT2D eigenvalue weighted by molar-refractivity contribution is 7.85. The smallest absolute Gasteiger partial charge is 0.405 e. The van der Waals surface area contributed by atoms with Gasteiger partial charge in [-0.05, 0) is 147 Å². The summed E-state index contributed by atoms with van der Waals surface area (Å²) in [5.41, 5.74) is 8.04. The number of aliphatic hydroxyl groups is 1. The molecule has 0 saturated heterocycles. The number of halogens is 6. The number of fused-ring (bicyclic) bond motifs is 3. The van der Waals surface area contributed by atoms with Crippen molar-refractivity contribution >= 4 is 33.7 Å². The monoisotopic (exact) mass is 1240 g/mol. The summed E-state index contributed by atoms with van der Waals surface area (Å²) in [6.45, 7) is 6.75. The third kappa shape index (κ3) is 30.7. The molecule has 86 heavy (non-hydrogen) atoms. The Balaban J connectivity index is 0.000000346. The van der Waals surface area contributed by atoms with Crippen LogP contribution in [-0.2, 0) is 56.6 Å². The van der Waals surface area contributed by atoms with E-state index < -0.39 is 59.2 Å². The molecule has 4 atom stereocenters. The average molecular weight is 1240 g/mol. The Morgan fingerprint density at radius 2 is 1.17 bits per heavy atom. The van der Waals surface area contributed by atoms with Crippen molar-refractivity contribution in [2.75, 3.05) is 81.0 Å². The molecule has 3 heterocycles. The summed E-state index contributed by atoms with van der Waals surface area (Å²) < 4.78 is 108. The van der Waals surface area contributed by atoms with E-state index in [4.69, 9.17) is 14.6 Å². The number of carbonyl (C=O) groups is 4. The number of methoxy groups -OCH3 is 2. The molecule has 0 fully saturated rings. The second-order valence-electron chi connectivity index (χ2n) is 21.6. The largest absolute Gasteiger partial charge is 0.497 e. The van der Waals surface area contributed by atoms with E-state index in [1.54, 1.807) is 56.2 Å². The van der Waals surface area contributed by atoms with Crippen LogP contribution in [-0.4, -0.2) is 145 Å². The Hall–Kier alpha value is -6.56. The fraction of sp³-hybridized carbons (Fsp3) is 0.540. The van der Waals surface area contributed by atoms with Crippen molar-refractivity contribution in [3.05, 3.63) is 136 Å². The van der Waals surface area contributed by atoms with E-state index >= 15 is 0 Å². The fourth-order valence-electron chi connectivity index (χ4n) is 8.93. The highest BCUT2D eigenvalue weighted by atomic mass is 32.2. The van der Waals surface area contributed by atoms with Crippen molar-refractivity contribution in [2.24, 2.45) is 35.7 Å². The van der Waals surface area contributed by atoms with Gasteiger partial charge in [0.25, 0.3) is 21.9 Å². The molecule has 480 valence electrons. The molecule has 0 spiro atoms. The van der Waals surface area contributed by atoms with Crippen LogP contribution in [0.1, 0.15) is 116 Å². The Bertz CT molecular complexity index is 2840. The molecule has 0 radical (unpaired) electrons. The van der Waals surface area contributed by atoms with Crippen LogP contribution in [0, 0.1) is 23.7 Å². The maximum Gasteiger partial charge on any atom is 0.405 e. The quantitative estimate of drug-likeness (QED) is 0.0401.